The number of aromatic nitrogens is 1. The van der Waals surface area contributed by atoms with Crippen molar-refractivity contribution in [3.8, 4) is 0 Å². The summed E-state index contributed by atoms with van der Waals surface area (Å²) in [7, 11) is 0. The van der Waals surface area contributed by atoms with Gasteiger partial charge in [-0.15, -0.1) is 0 Å². The zero-order chi connectivity index (χ0) is 22.9. The van der Waals surface area contributed by atoms with Crippen molar-refractivity contribution >= 4 is 23.1 Å². The minimum absolute atomic E-state index is 0.0331. The highest BCUT2D eigenvalue weighted by atomic mass is 16.2. The maximum atomic E-state index is 13.4. The number of aryl methyl sites for hydroxylation is 1. The molecule has 1 aliphatic rings. The van der Waals surface area contributed by atoms with E-state index in [2.05, 4.69) is 31.1 Å². The summed E-state index contributed by atoms with van der Waals surface area (Å²) in [4.78, 5) is 32.1. The van der Waals surface area contributed by atoms with E-state index in [1.807, 2.05) is 67.6 Å². The summed E-state index contributed by atoms with van der Waals surface area (Å²) in [6.07, 6.45) is 3.31. The molecule has 3 aromatic rings. The van der Waals surface area contributed by atoms with E-state index in [0.29, 0.717) is 11.3 Å². The predicted molar refractivity (Wildman–Crippen MR) is 127 cm³/mol. The highest BCUT2D eigenvalue weighted by molar-refractivity contribution is 6.36. The Balaban J connectivity index is 1.71. The second-order valence-electron chi connectivity index (χ2n) is 9.12. The summed E-state index contributed by atoms with van der Waals surface area (Å²) in [6, 6.07) is 19.3. The fourth-order valence-corrected chi connectivity index (χ4v) is 3.69. The molecule has 5 nitrogen and oxygen atoms in total. The molecule has 2 aromatic carbocycles. The third kappa shape index (κ3) is 4.33. The largest absolute Gasteiger partial charge is 0.350 e. The summed E-state index contributed by atoms with van der Waals surface area (Å²) in [6.45, 7) is 8.66. The fraction of sp³-hybridized carbons (Fsp3) is 0.222. The van der Waals surface area contributed by atoms with Crippen LogP contribution in [-0.4, -0.2) is 21.7 Å². The van der Waals surface area contributed by atoms with Gasteiger partial charge in [-0.1, -0.05) is 62.7 Å². The Morgan fingerprint density at radius 3 is 2.06 bits per heavy atom. The highest BCUT2D eigenvalue weighted by Gasteiger charge is 2.39. The van der Waals surface area contributed by atoms with Gasteiger partial charge in [-0.3, -0.25) is 19.5 Å². The number of hydrogen-bond acceptors (Lipinski definition) is 4. The molecule has 162 valence electrons. The van der Waals surface area contributed by atoms with Gasteiger partial charge in [0.05, 0.1) is 12.1 Å². The molecule has 1 aliphatic heterocycles. The average molecular weight is 426 g/mol. The average Bonchev–Trinajstić information content (AvgIpc) is 2.99. The lowest BCUT2D eigenvalue weighted by Crippen LogP contribution is -2.32. The van der Waals surface area contributed by atoms with E-state index in [1.54, 1.807) is 12.4 Å². The summed E-state index contributed by atoms with van der Waals surface area (Å²) < 4.78 is 0. The summed E-state index contributed by atoms with van der Waals surface area (Å²) in [5.41, 5.74) is 5.35. The second-order valence-corrected chi connectivity index (χ2v) is 9.12. The van der Waals surface area contributed by atoms with Crippen molar-refractivity contribution in [2.24, 2.45) is 0 Å². The number of nitrogens with zero attached hydrogens (tertiary/aromatic N) is 2. The standard InChI is InChI=1S/C27H27N3O2/c1-18-5-7-20(8-6-18)23-24(29-22-11-9-21(10-12-22)27(2,3)4)26(32)30(25(23)31)17-19-13-15-28-16-14-19/h5-16,29H,17H2,1-4H3. The number of hydrogen-bond donors (Lipinski definition) is 1. The smallest absolute Gasteiger partial charge is 0.278 e. The van der Waals surface area contributed by atoms with Gasteiger partial charge in [0.2, 0.25) is 0 Å². The number of imide groups is 1. The molecular formula is C27H27N3O2. The van der Waals surface area contributed by atoms with E-state index in [-0.39, 0.29) is 23.8 Å². The molecule has 0 atom stereocenters. The predicted octanol–water partition coefficient (Wildman–Crippen LogP) is 5.08. The van der Waals surface area contributed by atoms with Gasteiger partial charge in [-0.2, -0.15) is 0 Å². The molecule has 4 rings (SSSR count). The van der Waals surface area contributed by atoms with Crippen LogP contribution in [0.15, 0.2) is 78.8 Å². The van der Waals surface area contributed by atoms with Crippen LogP contribution in [0.25, 0.3) is 5.57 Å². The number of benzene rings is 2. The van der Waals surface area contributed by atoms with E-state index in [0.717, 1.165) is 22.4 Å². The summed E-state index contributed by atoms with van der Waals surface area (Å²) in [5.74, 6) is -0.633. The lowest BCUT2D eigenvalue weighted by atomic mass is 9.87. The quantitative estimate of drug-likeness (QED) is 0.579. The van der Waals surface area contributed by atoms with Crippen LogP contribution < -0.4 is 5.32 Å². The lowest BCUT2D eigenvalue weighted by Gasteiger charge is -2.19. The zero-order valence-electron chi connectivity index (χ0n) is 18.8. The first kappa shape index (κ1) is 21.5. The van der Waals surface area contributed by atoms with Crippen LogP contribution in [0.2, 0.25) is 0 Å². The van der Waals surface area contributed by atoms with Gasteiger partial charge in [0.25, 0.3) is 11.8 Å². The first-order valence-corrected chi connectivity index (χ1v) is 10.7. The molecular weight excluding hydrogens is 398 g/mol. The molecule has 0 fully saturated rings. The Hall–Kier alpha value is -3.73. The van der Waals surface area contributed by atoms with Crippen molar-refractivity contribution in [1.82, 2.24) is 9.88 Å². The van der Waals surface area contributed by atoms with Gasteiger partial charge in [-0.05, 0) is 53.3 Å². The van der Waals surface area contributed by atoms with Gasteiger partial charge in [0, 0.05) is 18.1 Å². The van der Waals surface area contributed by atoms with Gasteiger partial charge in [0.15, 0.2) is 0 Å². The van der Waals surface area contributed by atoms with Gasteiger partial charge in [-0.25, -0.2) is 0 Å². The summed E-state index contributed by atoms with van der Waals surface area (Å²) >= 11 is 0. The Labute approximate surface area is 188 Å². The van der Waals surface area contributed by atoms with Crippen molar-refractivity contribution in [3.05, 3.63) is 101 Å². The normalized spacial score (nSPS) is 14.3. The maximum Gasteiger partial charge on any atom is 0.278 e. The molecule has 0 unspecified atom stereocenters. The molecule has 0 saturated carbocycles. The van der Waals surface area contributed by atoms with Crippen molar-refractivity contribution in [2.75, 3.05) is 5.32 Å². The number of anilines is 1. The monoisotopic (exact) mass is 425 g/mol. The van der Waals surface area contributed by atoms with Gasteiger partial charge in [0.1, 0.15) is 5.70 Å². The molecule has 0 saturated heterocycles. The number of rotatable bonds is 5. The van der Waals surface area contributed by atoms with Crippen LogP contribution in [0.5, 0.6) is 0 Å². The molecule has 5 heteroatoms. The minimum Gasteiger partial charge on any atom is -0.350 e. The van der Waals surface area contributed by atoms with E-state index >= 15 is 0 Å². The maximum absolute atomic E-state index is 13.4. The molecule has 1 N–H and O–H groups in total. The third-order valence-electron chi connectivity index (χ3n) is 5.62. The first-order valence-electron chi connectivity index (χ1n) is 10.7. The van der Waals surface area contributed by atoms with E-state index in [9.17, 15) is 9.59 Å². The number of carbonyl (C=O) groups excluding carboxylic acids is 2. The molecule has 0 aliphatic carbocycles. The van der Waals surface area contributed by atoms with Crippen LogP contribution in [0.4, 0.5) is 5.69 Å². The number of amides is 2. The lowest BCUT2D eigenvalue weighted by molar-refractivity contribution is -0.137. The number of carbonyl (C=O) groups is 2. The van der Waals surface area contributed by atoms with E-state index in [4.69, 9.17) is 0 Å². The highest BCUT2D eigenvalue weighted by Crippen LogP contribution is 2.32. The van der Waals surface area contributed by atoms with Crippen LogP contribution in [0.3, 0.4) is 0 Å². The molecule has 0 bridgehead atoms. The van der Waals surface area contributed by atoms with Crippen molar-refractivity contribution in [3.63, 3.8) is 0 Å². The van der Waals surface area contributed by atoms with Crippen LogP contribution in [0, 0.1) is 6.92 Å². The van der Waals surface area contributed by atoms with E-state index in [1.165, 1.54) is 10.5 Å². The van der Waals surface area contributed by atoms with Gasteiger partial charge < -0.3 is 5.32 Å². The molecule has 1 aromatic heterocycles. The Kier molecular flexibility index (Phi) is 5.66. The Morgan fingerprint density at radius 1 is 0.844 bits per heavy atom. The van der Waals surface area contributed by atoms with Gasteiger partial charge >= 0.3 is 0 Å². The molecule has 0 spiro atoms. The second kappa shape index (κ2) is 8.42. The SMILES string of the molecule is Cc1ccc(C2=C(Nc3ccc(C(C)(C)C)cc3)C(=O)N(Cc3ccncc3)C2=O)cc1. The van der Waals surface area contributed by atoms with E-state index < -0.39 is 0 Å². The van der Waals surface area contributed by atoms with Crippen molar-refractivity contribution in [1.29, 1.82) is 0 Å². The molecule has 32 heavy (non-hydrogen) atoms. The number of nitrogens with one attached hydrogen (secondary N) is 1. The summed E-state index contributed by atoms with van der Waals surface area (Å²) in [5, 5.41) is 3.23. The Morgan fingerprint density at radius 2 is 1.47 bits per heavy atom. The topological polar surface area (TPSA) is 62.3 Å². The first-order chi connectivity index (χ1) is 15.2. The zero-order valence-corrected chi connectivity index (χ0v) is 18.8. The van der Waals surface area contributed by atoms with Crippen LogP contribution >= 0.6 is 0 Å². The number of pyridine rings is 1. The third-order valence-corrected chi connectivity index (χ3v) is 5.62. The van der Waals surface area contributed by atoms with Crippen molar-refractivity contribution < 1.29 is 9.59 Å². The Bertz CT molecular complexity index is 1170. The molecule has 2 heterocycles. The van der Waals surface area contributed by atoms with Crippen molar-refractivity contribution in [2.45, 2.75) is 39.7 Å². The molecule has 0 radical (unpaired) electrons. The van der Waals surface area contributed by atoms with Crippen LogP contribution in [0.1, 0.15) is 43.0 Å². The minimum atomic E-state index is -0.331. The van der Waals surface area contributed by atoms with Crippen LogP contribution in [-0.2, 0) is 21.5 Å². The fourth-order valence-electron chi connectivity index (χ4n) is 3.69. The molecule has 2 amide bonds.